The number of ether oxygens (including phenoxy) is 2. The molecule has 0 bridgehead atoms. The lowest BCUT2D eigenvalue weighted by molar-refractivity contribution is 0.330. The standard InChI is InChI=1S/C22H32N2O4S/c1-22(2,17-23(3)4)29(25,26)24(15-18-7-11-20(27-5)12-8-18)16-19-9-13-21(28-6)14-10-19/h7-14H,15-17H2,1-6H3. The number of benzene rings is 2. The van der Waals surface area contributed by atoms with Crippen LogP contribution in [0.3, 0.4) is 0 Å². The lowest BCUT2D eigenvalue weighted by atomic mass is 10.2. The monoisotopic (exact) mass is 420 g/mol. The van der Waals surface area contributed by atoms with E-state index in [1.807, 2.05) is 67.5 Å². The Kier molecular flexibility index (Phi) is 7.68. The van der Waals surface area contributed by atoms with Gasteiger partial charge in [-0.2, -0.15) is 4.31 Å². The second-order valence-electron chi connectivity index (χ2n) is 7.97. The predicted octanol–water partition coefficient (Wildman–Crippen LogP) is 3.38. The summed E-state index contributed by atoms with van der Waals surface area (Å²) in [6, 6.07) is 15.0. The van der Waals surface area contributed by atoms with Crippen molar-refractivity contribution in [1.82, 2.24) is 9.21 Å². The van der Waals surface area contributed by atoms with Gasteiger partial charge in [0.2, 0.25) is 10.0 Å². The summed E-state index contributed by atoms with van der Waals surface area (Å²) in [6.45, 7) is 4.55. The average molecular weight is 421 g/mol. The molecule has 0 atom stereocenters. The largest absolute Gasteiger partial charge is 0.497 e. The maximum atomic E-state index is 13.6. The van der Waals surface area contributed by atoms with Gasteiger partial charge in [-0.1, -0.05) is 24.3 Å². The first kappa shape index (κ1) is 23.2. The average Bonchev–Trinajstić information content (AvgIpc) is 2.67. The van der Waals surface area contributed by atoms with E-state index < -0.39 is 14.8 Å². The van der Waals surface area contributed by atoms with Crippen LogP contribution in [-0.4, -0.2) is 57.2 Å². The number of sulfonamides is 1. The normalized spacial score (nSPS) is 12.4. The highest BCUT2D eigenvalue weighted by atomic mass is 32.2. The molecule has 2 rings (SSSR count). The lowest BCUT2D eigenvalue weighted by Gasteiger charge is -2.34. The minimum absolute atomic E-state index is 0.287. The summed E-state index contributed by atoms with van der Waals surface area (Å²) in [5.41, 5.74) is 1.81. The molecule has 0 saturated heterocycles. The van der Waals surface area contributed by atoms with Gasteiger partial charge in [-0.15, -0.1) is 0 Å². The highest BCUT2D eigenvalue weighted by Gasteiger charge is 2.39. The van der Waals surface area contributed by atoms with Crippen LogP contribution in [0.2, 0.25) is 0 Å². The number of nitrogens with zero attached hydrogens (tertiary/aromatic N) is 2. The van der Waals surface area contributed by atoms with Crippen LogP contribution in [0.5, 0.6) is 11.5 Å². The topological polar surface area (TPSA) is 59.1 Å². The Hall–Kier alpha value is -2.09. The molecule has 2 aromatic carbocycles. The Labute approximate surface area is 175 Å². The van der Waals surface area contributed by atoms with E-state index >= 15 is 0 Å². The third-order valence-electron chi connectivity index (χ3n) is 4.77. The minimum atomic E-state index is -3.59. The Balaban J connectivity index is 2.36. The molecule has 6 nitrogen and oxygen atoms in total. The predicted molar refractivity (Wildman–Crippen MR) is 117 cm³/mol. The number of methoxy groups -OCH3 is 2. The molecule has 0 amide bonds. The third-order valence-corrected chi connectivity index (χ3v) is 7.23. The van der Waals surface area contributed by atoms with Crippen LogP contribution in [0.1, 0.15) is 25.0 Å². The van der Waals surface area contributed by atoms with Crippen molar-refractivity contribution in [3.8, 4) is 11.5 Å². The van der Waals surface area contributed by atoms with Crippen molar-refractivity contribution in [1.29, 1.82) is 0 Å². The molecular formula is C22H32N2O4S. The first-order valence-corrected chi connectivity index (χ1v) is 10.9. The molecule has 29 heavy (non-hydrogen) atoms. The number of rotatable bonds is 10. The highest BCUT2D eigenvalue weighted by molar-refractivity contribution is 7.90. The van der Waals surface area contributed by atoms with E-state index in [2.05, 4.69) is 0 Å². The van der Waals surface area contributed by atoms with E-state index in [1.54, 1.807) is 32.4 Å². The Morgan fingerprint density at radius 2 is 1.17 bits per heavy atom. The van der Waals surface area contributed by atoms with E-state index in [-0.39, 0.29) is 13.1 Å². The Morgan fingerprint density at radius 3 is 1.48 bits per heavy atom. The molecule has 0 N–H and O–H groups in total. The molecule has 0 saturated carbocycles. The van der Waals surface area contributed by atoms with Crippen LogP contribution < -0.4 is 9.47 Å². The van der Waals surface area contributed by atoms with Crippen LogP contribution in [-0.2, 0) is 23.1 Å². The smallest absolute Gasteiger partial charge is 0.221 e. The summed E-state index contributed by atoms with van der Waals surface area (Å²) in [7, 11) is 3.39. The van der Waals surface area contributed by atoms with Gasteiger partial charge >= 0.3 is 0 Å². The molecule has 0 aliphatic carbocycles. The van der Waals surface area contributed by atoms with Crippen LogP contribution in [0.25, 0.3) is 0 Å². The quantitative estimate of drug-likeness (QED) is 0.590. The van der Waals surface area contributed by atoms with Crippen molar-refractivity contribution >= 4 is 10.0 Å². The van der Waals surface area contributed by atoms with Crippen molar-refractivity contribution < 1.29 is 17.9 Å². The van der Waals surface area contributed by atoms with Gasteiger partial charge in [0.05, 0.1) is 19.0 Å². The fourth-order valence-corrected chi connectivity index (χ4v) is 5.05. The molecule has 0 heterocycles. The summed E-state index contributed by atoms with van der Waals surface area (Å²) in [4.78, 5) is 1.90. The molecule has 0 aromatic heterocycles. The zero-order chi connectivity index (χ0) is 21.7. The highest BCUT2D eigenvalue weighted by Crippen LogP contribution is 2.27. The summed E-state index contributed by atoms with van der Waals surface area (Å²) in [6.07, 6.45) is 0. The van der Waals surface area contributed by atoms with Crippen molar-refractivity contribution in [3.63, 3.8) is 0 Å². The second-order valence-corrected chi connectivity index (χ2v) is 10.5. The van der Waals surface area contributed by atoms with Gasteiger partial charge in [-0.25, -0.2) is 8.42 Å². The van der Waals surface area contributed by atoms with Crippen molar-refractivity contribution in [2.75, 3.05) is 34.9 Å². The van der Waals surface area contributed by atoms with Gasteiger partial charge < -0.3 is 14.4 Å². The van der Waals surface area contributed by atoms with Gasteiger partial charge in [0.1, 0.15) is 11.5 Å². The first-order valence-electron chi connectivity index (χ1n) is 9.49. The molecule has 7 heteroatoms. The van der Waals surface area contributed by atoms with Crippen LogP contribution in [0.4, 0.5) is 0 Å². The second kappa shape index (κ2) is 9.61. The van der Waals surface area contributed by atoms with E-state index in [9.17, 15) is 8.42 Å². The van der Waals surface area contributed by atoms with Crippen molar-refractivity contribution in [2.45, 2.75) is 31.7 Å². The first-order chi connectivity index (χ1) is 13.6. The minimum Gasteiger partial charge on any atom is -0.497 e. The van der Waals surface area contributed by atoms with Crippen molar-refractivity contribution in [2.24, 2.45) is 0 Å². The maximum absolute atomic E-state index is 13.6. The third kappa shape index (κ3) is 5.95. The van der Waals surface area contributed by atoms with Gasteiger partial charge in [0, 0.05) is 19.6 Å². The van der Waals surface area contributed by atoms with Gasteiger partial charge in [-0.3, -0.25) is 0 Å². The fraction of sp³-hybridized carbons (Fsp3) is 0.455. The molecule has 2 aromatic rings. The zero-order valence-corrected chi connectivity index (χ0v) is 19.0. The molecule has 0 radical (unpaired) electrons. The van der Waals surface area contributed by atoms with E-state index in [0.717, 1.165) is 22.6 Å². The summed E-state index contributed by atoms with van der Waals surface area (Å²) < 4.78 is 38.2. The summed E-state index contributed by atoms with van der Waals surface area (Å²) in [5, 5.41) is 0. The Bertz CT molecular complexity index is 827. The van der Waals surface area contributed by atoms with Crippen LogP contribution >= 0.6 is 0 Å². The van der Waals surface area contributed by atoms with Crippen LogP contribution in [0.15, 0.2) is 48.5 Å². The van der Waals surface area contributed by atoms with Crippen molar-refractivity contribution in [3.05, 3.63) is 59.7 Å². The molecular weight excluding hydrogens is 388 g/mol. The van der Waals surface area contributed by atoms with Gasteiger partial charge in [0.15, 0.2) is 0 Å². The molecule has 0 spiro atoms. The SMILES string of the molecule is COc1ccc(CN(Cc2ccc(OC)cc2)S(=O)(=O)C(C)(C)CN(C)C)cc1. The molecule has 160 valence electrons. The lowest BCUT2D eigenvalue weighted by Crippen LogP contribution is -2.49. The summed E-state index contributed by atoms with van der Waals surface area (Å²) in [5.74, 6) is 1.48. The van der Waals surface area contributed by atoms with Crippen LogP contribution in [0, 0.1) is 0 Å². The molecule has 0 aliphatic heterocycles. The fourth-order valence-electron chi connectivity index (χ4n) is 3.29. The number of hydrogen-bond acceptors (Lipinski definition) is 5. The summed E-state index contributed by atoms with van der Waals surface area (Å²) >= 11 is 0. The molecule has 0 fully saturated rings. The number of hydrogen-bond donors (Lipinski definition) is 0. The van der Waals surface area contributed by atoms with Gasteiger partial charge in [-0.05, 0) is 63.3 Å². The molecule has 0 aliphatic rings. The van der Waals surface area contributed by atoms with E-state index in [0.29, 0.717) is 6.54 Å². The Morgan fingerprint density at radius 1 is 0.793 bits per heavy atom. The maximum Gasteiger partial charge on any atom is 0.221 e. The van der Waals surface area contributed by atoms with E-state index in [1.165, 1.54) is 0 Å². The zero-order valence-electron chi connectivity index (χ0n) is 18.2. The molecule has 0 unspecified atom stereocenters. The van der Waals surface area contributed by atoms with Gasteiger partial charge in [0.25, 0.3) is 0 Å². The van der Waals surface area contributed by atoms with E-state index in [4.69, 9.17) is 9.47 Å².